The number of hydrogen-bond donors (Lipinski definition) is 2. The zero-order chi connectivity index (χ0) is 20.2. The number of nitrogens with zero attached hydrogens (tertiary/aromatic N) is 2. The highest BCUT2D eigenvalue weighted by Crippen LogP contribution is 2.25. The van der Waals surface area contributed by atoms with Crippen LogP contribution in [0.15, 0.2) is 53.5 Å². The largest absolute Gasteiger partial charge is 0.497 e. The van der Waals surface area contributed by atoms with Gasteiger partial charge in [0, 0.05) is 37.8 Å². The van der Waals surface area contributed by atoms with E-state index in [-0.39, 0.29) is 0 Å². The normalized spacial score (nSPS) is 11.4. The van der Waals surface area contributed by atoms with E-state index in [1.807, 2.05) is 24.3 Å². The number of benzene rings is 2. The van der Waals surface area contributed by atoms with Crippen molar-refractivity contribution in [1.82, 2.24) is 15.5 Å². The van der Waals surface area contributed by atoms with E-state index in [9.17, 15) is 0 Å². The van der Waals surface area contributed by atoms with Crippen LogP contribution in [0.25, 0.3) is 0 Å². The van der Waals surface area contributed by atoms with E-state index >= 15 is 0 Å². The van der Waals surface area contributed by atoms with Gasteiger partial charge in [-0.15, -0.1) is 0 Å². The van der Waals surface area contributed by atoms with Crippen molar-refractivity contribution in [2.45, 2.75) is 20.0 Å². The van der Waals surface area contributed by atoms with Crippen LogP contribution in [-0.4, -0.2) is 51.8 Å². The van der Waals surface area contributed by atoms with E-state index in [0.717, 1.165) is 49.2 Å². The van der Waals surface area contributed by atoms with Crippen LogP contribution in [0, 0.1) is 0 Å². The number of guanidine groups is 1. The summed E-state index contributed by atoms with van der Waals surface area (Å²) >= 11 is 0. The van der Waals surface area contributed by atoms with Gasteiger partial charge in [0.2, 0.25) is 0 Å². The van der Waals surface area contributed by atoms with Crippen molar-refractivity contribution in [2.24, 2.45) is 4.99 Å². The van der Waals surface area contributed by atoms with Crippen molar-refractivity contribution < 1.29 is 9.47 Å². The zero-order valence-corrected chi connectivity index (χ0v) is 17.4. The summed E-state index contributed by atoms with van der Waals surface area (Å²) in [5.41, 5.74) is 2.33. The van der Waals surface area contributed by atoms with Crippen molar-refractivity contribution in [2.75, 3.05) is 40.9 Å². The minimum absolute atomic E-state index is 0.530. The van der Waals surface area contributed by atoms with Crippen molar-refractivity contribution in [3.63, 3.8) is 0 Å². The molecule has 0 saturated carbocycles. The number of methoxy groups -OCH3 is 2. The molecule has 2 rings (SSSR count). The van der Waals surface area contributed by atoms with Gasteiger partial charge < -0.3 is 25.0 Å². The maximum absolute atomic E-state index is 5.45. The van der Waals surface area contributed by atoms with E-state index in [2.05, 4.69) is 58.8 Å². The van der Waals surface area contributed by atoms with Crippen molar-refractivity contribution >= 4 is 5.96 Å². The fourth-order valence-corrected chi connectivity index (χ4v) is 2.83. The molecule has 0 radical (unpaired) electrons. The number of hydrogen-bond acceptors (Lipinski definition) is 4. The fourth-order valence-electron chi connectivity index (χ4n) is 2.83. The molecule has 0 amide bonds. The molecule has 0 aromatic heterocycles. The number of rotatable bonds is 10. The second-order valence-corrected chi connectivity index (χ2v) is 6.52. The topological polar surface area (TPSA) is 58.1 Å². The van der Waals surface area contributed by atoms with Gasteiger partial charge in [0.05, 0.1) is 20.8 Å². The van der Waals surface area contributed by atoms with Gasteiger partial charge in [-0.25, -0.2) is 4.99 Å². The molecule has 2 aromatic carbocycles. The van der Waals surface area contributed by atoms with Gasteiger partial charge in [0.25, 0.3) is 0 Å². The third kappa shape index (κ3) is 7.12. The maximum Gasteiger partial charge on any atom is 0.191 e. The third-order valence-electron chi connectivity index (χ3n) is 4.33. The van der Waals surface area contributed by atoms with Gasteiger partial charge in [-0.05, 0) is 31.7 Å². The summed E-state index contributed by atoms with van der Waals surface area (Å²) in [5.74, 6) is 2.35. The Kier molecular flexibility index (Phi) is 9.15. The van der Waals surface area contributed by atoms with E-state index in [1.165, 1.54) is 5.56 Å². The van der Waals surface area contributed by atoms with Crippen LogP contribution >= 0.6 is 0 Å². The predicted octanol–water partition coefficient (Wildman–Crippen LogP) is 2.89. The quantitative estimate of drug-likeness (QED) is 0.487. The molecule has 0 saturated heterocycles. The van der Waals surface area contributed by atoms with E-state index in [1.54, 1.807) is 14.2 Å². The number of aliphatic imine (C=N–C) groups is 1. The van der Waals surface area contributed by atoms with Crippen LogP contribution in [0.5, 0.6) is 11.5 Å². The van der Waals surface area contributed by atoms with Gasteiger partial charge in [-0.3, -0.25) is 0 Å². The zero-order valence-electron chi connectivity index (χ0n) is 17.4. The Labute approximate surface area is 168 Å². The van der Waals surface area contributed by atoms with Crippen molar-refractivity contribution in [1.29, 1.82) is 0 Å². The second-order valence-electron chi connectivity index (χ2n) is 6.52. The molecule has 152 valence electrons. The Hall–Kier alpha value is -2.73. The molecule has 0 spiro atoms. The van der Waals surface area contributed by atoms with Crippen molar-refractivity contribution in [3.8, 4) is 11.5 Å². The fraction of sp³-hybridized carbons (Fsp3) is 0.409. The molecule has 0 aliphatic carbocycles. The Morgan fingerprint density at radius 3 is 2.50 bits per heavy atom. The Morgan fingerprint density at radius 1 is 1.04 bits per heavy atom. The highest BCUT2D eigenvalue weighted by molar-refractivity contribution is 5.79. The minimum atomic E-state index is 0.530. The summed E-state index contributed by atoms with van der Waals surface area (Å²) in [6.45, 7) is 6.07. The first kappa shape index (κ1) is 21.6. The van der Waals surface area contributed by atoms with E-state index < -0.39 is 0 Å². The Bertz CT molecular complexity index is 735. The first-order valence-electron chi connectivity index (χ1n) is 9.61. The molecule has 0 unspecified atom stereocenters. The molecule has 0 heterocycles. The van der Waals surface area contributed by atoms with Crippen LogP contribution in [-0.2, 0) is 13.1 Å². The Balaban J connectivity index is 1.88. The average molecular weight is 385 g/mol. The van der Waals surface area contributed by atoms with Gasteiger partial charge in [0.15, 0.2) is 5.96 Å². The monoisotopic (exact) mass is 384 g/mol. The van der Waals surface area contributed by atoms with Crippen LogP contribution in [0.3, 0.4) is 0 Å². The summed E-state index contributed by atoms with van der Waals surface area (Å²) in [4.78, 5) is 6.97. The average Bonchev–Trinajstić information content (AvgIpc) is 2.72. The third-order valence-corrected chi connectivity index (χ3v) is 4.33. The highest BCUT2D eigenvalue weighted by Gasteiger charge is 2.06. The van der Waals surface area contributed by atoms with Crippen LogP contribution in [0.4, 0.5) is 0 Å². The van der Waals surface area contributed by atoms with Crippen LogP contribution in [0.2, 0.25) is 0 Å². The van der Waals surface area contributed by atoms with Gasteiger partial charge >= 0.3 is 0 Å². The molecule has 6 heteroatoms. The summed E-state index contributed by atoms with van der Waals surface area (Å²) in [6, 6.07) is 16.3. The van der Waals surface area contributed by atoms with Gasteiger partial charge in [-0.2, -0.15) is 0 Å². The molecule has 0 atom stereocenters. The summed E-state index contributed by atoms with van der Waals surface area (Å²) in [5, 5.41) is 6.69. The smallest absolute Gasteiger partial charge is 0.191 e. The lowest BCUT2D eigenvalue weighted by Crippen LogP contribution is -2.40. The molecule has 0 bridgehead atoms. The molecule has 0 aliphatic rings. The summed E-state index contributed by atoms with van der Waals surface area (Å²) < 4.78 is 10.7. The molecule has 2 N–H and O–H groups in total. The second kappa shape index (κ2) is 11.9. The molecule has 6 nitrogen and oxygen atoms in total. The first-order chi connectivity index (χ1) is 13.7. The summed E-state index contributed by atoms with van der Waals surface area (Å²) in [6.07, 6.45) is 0. The first-order valence-corrected chi connectivity index (χ1v) is 9.61. The van der Waals surface area contributed by atoms with E-state index in [0.29, 0.717) is 6.54 Å². The predicted molar refractivity (Wildman–Crippen MR) is 115 cm³/mol. The Morgan fingerprint density at radius 2 is 1.82 bits per heavy atom. The van der Waals surface area contributed by atoms with Gasteiger partial charge in [-0.1, -0.05) is 30.3 Å². The molecule has 0 fully saturated rings. The number of likely N-dealkylation sites (N-methyl/N-ethyl adjacent to an activating group) is 1. The number of nitrogens with one attached hydrogen (secondary N) is 2. The number of ether oxygens (including phenoxy) is 2. The lowest BCUT2D eigenvalue weighted by atomic mass is 10.2. The van der Waals surface area contributed by atoms with Crippen LogP contribution < -0.4 is 20.1 Å². The molecular formula is C22H32N4O2. The lowest BCUT2D eigenvalue weighted by molar-refractivity contribution is 0.331. The standard InChI is InChI=1S/C22H32N4O2/c1-5-23-22(24-13-14-26(2)17-18-9-7-6-8-10-18)25-16-19-11-12-20(27-3)15-21(19)28-4/h6-12,15H,5,13-14,16-17H2,1-4H3,(H2,23,24,25). The summed E-state index contributed by atoms with van der Waals surface area (Å²) in [7, 11) is 5.43. The molecule has 28 heavy (non-hydrogen) atoms. The van der Waals surface area contributed by atoms with E-state index in [4.69, 9.17) is 9.47 Å². The molecular weight excluding hydrogens is 352 g/mol. The van der Waals surface area contributed by atoms with Crippen molar-refractivity contribution in [3.05, 3.63) is 59.7 Å². The highest BCUT2D eigenvalue weighted by atomic mass is 16.5. The molecule has 0 aliphatic heterocycles. The van der Waals surface area contributed by atoms with Crippen LogP contribution in [0.1, 0.15) is 18.1 Å². The SMILES string of the molecule is CCNC(=NCc1ccc(OC)cc1OC)NCCN(C)Cc1ccccc1. The maximum atomic E-state index is 5.45. The minimum Gasteiger partial charge on any atom is -0.497 e. The lowest BCUT2D eigenvalue weighted by Gasteiger charge is -2.18. The molecule has 2 aromatic rings. The van der Waals surface area contributed by atoms with Gasteiger partial charge in [0.1, 0.15) is 11.5 Å².